The molecule has 1 unspecified atom stereocenters. The summed E-state index contributed by atoms with van der Waals surface area (Å²) in [7, 11) is 0. The molecule has 1 aliphatic heterocycles. The van der Waals surface area contributed by atoms with Crippen molar-refractivity contribution >= 4 is 17.8 Å². The molecule has 4 rings (SSSR count). The quantitative estimate of drug-likeness (QED) is 0.265. The Morgan fingerprint density at radius 2 is 1.94 bits per heavy atom. The molecule has 1 atom stereocenters. The van der Waals surface area contributed by atoms with Crippen molar-refractivity contribution in [1.82, 2.24) is 20.8 Å². The maximum absolute atomic E-state index is 12.3. The molecule has 9 nitrogen and oxygen atoms in total. The number of anilines is 1. The summed E-state index contributed by atoms with van der Waals surface area (Å²) < 4.78 is 5.50. The van der Waals surface area contributed by atoms with E-state index in [1.807, 2.05) is 36.4 Å². The van der Waals surface area contributed by atoms with Gasteiger partial charge in [-0.25, -0.2) is 15.3 Å². The Balaban J connectivity index is 1.51. The van der Waals surface area contributed by atoms with Crippen LogP contribution < -0.4 is 16.1 Å². The number of pyridine rings is 2. The van der Waals surface area contributed by atoms with Crippen molar-refractivity contribution in [3.8, 4) is 23.1 Å². The van der Waals surface area contributed by atoms with E-state index >= 15 is 0 Å². The van der Waals surface area contributed by atoms with Gasteiger partial charge < -0.3 is 10.1 Å². The Bertz CT molecular complexity index is 1210. The number of nitrogens with one attached hydrogen (secondary N) is 3. The van der Waals surface area contributed by atoms with Crippen LogP contribution in [0.5, 0.6) is 0 Å². The predicted octanol–water partition coefficient (Wildman–Crippen LogP) is 2.96. The molecule has 3 heterocycles. The number of ether oxygens (including phenoxy) is 1. The zero-order valence-corrected chi connectivity index (χ0v) is 18.2. The highest BCUT2D eigenvalue weighted by Gasteiger charge is 2.17. The van der Waals surface area contributed by atoms with Crippen molar-refractivity contribution in [2.75, 3.05) is 18.5 Å². The van der Waals surface area contributed by atoms with Gasteiger partial charge in [-0.3, -0.25) is 20.3 Å². The van der Waals surface area contributed by atoms with Crippen LogP contribution >= 0.6 is 0 Å². The number of carbonyl (C=O) groups is 2. The lowest BCUT2D eigenvalue weighted by atomic mass is 10.1. The van der Waals surface area contributed by atoms with Crippen molar-refractivity contribution in [3.05, 3.63) is 77.6 Å². The van der Waals surface area contributed by atoms with Crippen molar-refractivity contribution in [3.63, 3.8) is 0 Å². The molecule has 0 aliphatic carbocycles. The van der Waals surface area contributed by atoms with Crippen LogP contribution in [-0.4, -0.2) is 46.4 Å². The fourth-order valence-electron chi connectivity index (χ4n) is 3.42. The smallest absolute Gasteiger partial charge is 0.320 e. The number of nitrogens with zero attached hydrogens (tertiary/aromatic N) is 2. The zero-order chi connectivity index (χ0) is 23.8. The summed E-state index contributed by atoms with van der Waals surface area (Å²) in [6.07, 6.45) is 5.26. The number of hydrogen-bond donors (Lipinski definition) is 4. The minimum atomic E-state index is -0.717. The number of carbonyl (C=O) groups excluding carboxylic acids is 2. The minimum Gasteiger partial charge on any atom is -0.376 e. The van der Waals surface area contributed by atoms with Crippen LogP contribution in [0.1, 0.15) is 34.3 Å². The van der Waals surface area contributed by atoms with Gasteiger partial charge in [-0.2, -0.15) is 0 Å². The molecular formula is C25H23N5O4. The molecule has 9 heteroatoms. The number of hydroxylamine groups is 1. The van der Waals surface area contributed by atoms with Crippen LogP contribution in [0.25, 0.3) is 11.3 Å². The van der Waals surface area contributed by atoms with E-state index in [-0.39, 0.29) is 17.5 Å². The number of urea groups is 1. The van der Waals surface area contributed by atoms with E-state index in [1.165, 1.54) is 12.1 Å². The number of hydrogen-bond acceptors (Lipinski definition) is 6. The van der Waals surface area contributed by atoms with Gasteiger partial charge >= 0.3 is 6.03 Å². The number of rotatable bonds is 5. The lowest BCUT2D eigenvalue weighted by Crippen LogP contribution is -2.35. The Morgan fingerprint density at radius 1 is 1.12 bits per heavy atom. The maximum Gasteiger partial charge on any atom is 0.320 e. The third-order valence-electron chi connectivity index (χ3n) is 5.14. The number of amides is 3. The molecule has 1 aliphatic rings. The summed E-state index contributed by atoms with van der Waals surface area (Å²) in [5, 5.41) is 14.4. The Hall–Kier alpha value is -4.26. The van der Waals surface area contributed by atoms with E-state index in [4.69, 9.17) is 9.94 Å². The molecule has 0 spiro atoms. The molecule has 172 valence electrons. The molecular weight excluding hydrogens is 434 g/mol. The standard InChI is InChI=1S/C25H23N5O4/c31-24(30-33)20-13-22(28-23(14-20)29-25(32)27-16-21-4-2-12-34-21)19-9-7-17(8-10-19)5-6-18-3-1-11-26-15-18/h1,3,7-11,13-15,21,33H,2,4,12,16H2,(H,30,31)(H2,27,28,29,32). The van der Waals surface area contributed by atoms with Gasteiger partial charge in [0.25, 0.3) is 5.91 Å². The topological polar surface area (TPSA) is 125 Å². The summed E-state index contributed by atoms with van der Waals surface area (Å²) in [6.45, 7) is 1.09. The Labute approximate surface area is 196 Å². The average Bonchev–Trinajstić information content (AvgIpc) is 3.40. The van der Waals surface area contributed by atoms with Gasteiger partial charge in [0.05, 0.1) is 11.8 Å². The van der Waals surface area contributed by atoms with E-state index in [0.717, 1.165) is 24.0 Å². The summed E-state index contributed by atoms with van der Waals surface area (Å²) in [5.41, 5.74) is 4.51. The monoisotopic (exact) mass is 457 g/mol. The molecule has 0 bridgehead atoms. The first kappa shape index (κ1) is 22.9. The molecule has 0 saturated carbocycles. The first-order chi connectivity index (χ1) is 16.6. The molecule has 1 saturated heterocycles. The summed E-state index contributed by atoms with van der Waals surface area (Å²) >= 11 is 0. The molecule has 1 fully saturated rings. The van der Waals surface area contributed by atoms with Gasteiger partial charge in [0.2, 0.25) is 0 Å². The second-order valence-electron chi connectivity index (χ2n) is 7.61. The summed E-state index contributed by atoms with van der Waals surface area (Å²) in [4.78, 5) is 32.9. The van der Waals surface area contributed by atoms with E-state index < -0.39 is 11.9 Å². The van der Waals surface area contributed by atoms with Crippen LogP contribution in [0.2, 0.25) is 0 Å². The second kappa shape index (κ2) is 11.0. The van der Waals surface area contributed by atoms with Crippen LogP contribution in [0, 0.1) is 11.8 Å². The van der Waals surface area contributed by atoms with E-state index in [9.17, 15) is 9.59 Å². The summed E-state index contributed by atoms with van der Waals surface area (Å²) in [6, 6.07) is 13.4. The van der Waals surface area contributed by atoms with E-state index in [0.29, 0.717) is 24.4 Å². The summed E-state index contributed by atoms with van der Waals surface area (Å²) in [5.74, 6) is 5.56. The number of benzene rings is 1. The van der Waals surface area contributed by atoms with Crippen molar-refractivity contribution in [1.29, 1.82) is 0 Å². The fourth-order valence-corrected chi connectivity index (χ4v) is 3.42. The molecule has 4 N–H and O–H groups in total. The highest BCUT2D eigenvalue weighted by molar-refractivity contribution is 5.96. The van der Waals surface area contributed by atoms with Gasteiger partial charge in [-0.15, -0.1) is 0 Å². The van der Waals surface area contributed by atoms with Crippen molar-refractivity contribution in [2.24, 2.45) is 0 Å². The van der Waals surface area contributed by atoms with Crippen molar-refractivity contribution < 1.29 is 19.5 Å². The Morgan fingerprint density at radius 3 is 2.65 bits per heavy atom. The molecule has 1 aromatic carbocycles. The third-order valence-corrected chi connectivity index (χ3v) is 5.14. The largest absolute Gasteiger partial charge is 0.376 e. The highest BCUT2D eigenvalue weighted by Crippen LogP contribution is 2.22. The lowest BCUT2D eigenvalue weighted by Gasteiger charge is -2.13. The normalized spacial score (nSPS) is 14.6. The van der Waals surface area contributed by atoms with Crippen LogP contribution in [-0.2, 0) is 4.74 Å². The molecule has 2 aromatic heterocycles. The van der Waals surface area contributed by atoms with E-state index in [1.54, 1.807) is 17.9 Å². The molecule has 3 aromatic rings. The minimum absolute atomic E-state index is 0.000499. The second-order valence-corrected chi connectivity index (χ2v) is 7.61. The van der Waals surface area contributed by atoms with Crippen LogP contribution in [0.4, 0.5) is 10.6 Å². The van der Waals surface area contributed by atoms with Gasteiger partial charge in [-0.05, 0) is 49.2 Å². The first-order valence-electron chi connectivity index (χ1n) is 10.8. The van der Waals surface area contributed by atoms with Gasteiger partial charge in [0.15, 0.2) is 0 Å². The van der Waals surface area contributed by atoms with Gasteiger partial charge in [-0.1, -0.05) is 24.0 Å². The van der Waals surface area contributed by atoms with E-state index in [2.05, 4.69) is 32.4 Å². The van der Waals surface area contributed by atoms with Gasteiger partial charge in [0.1, 0.15) is 5.82 Å². The van der Waals surface area contributed by atoms with Crippen molar-refractivity contribution in [2.45, 2.75) is 18.9 Å². The predicted molar refractivity (Wildman–Crippen MR) is 125 cm³/mol. The molecule has 34 heavy (non-hydrogen) atoms. The SMILES string of the molecule is O=C(NCC1CCCO1)Nc1cc(C(=O)NO)cc(-c2ccc(C#Cc3cccnc3)cc2)n1. The van der Waals surface area contributed by atoms with Gasteiger partial charge in [0, 0.05) is 47.8 Å². The average molecular weight is 457 g/mol. The Kier molecular flexibility index (Phi) is 7.45. The lowest BCUT2D eigenvalue weighted by molar-refractivity contribution is 0.0706. The fraction of sp³-hybridized carbons (Fsp3) is 0.200. The highest BCUT2D eigenvalue weighted by atomic mass is 16.5. The molecule has 3 amide bonds. The maximum atomic E-state index is 12.3. The van der Waals surface area contributed by atoms with Crippen LogP contribution in [0.3, 0.4) is 0 Å². The first-order valence-corrected chi connectivity index (χ1v) is 10.8. The van der Waals surface area contributed by atoms with Crippen LogP contribution in [0.15, 0.2) is 60.9 Å². The number of aromatic nitrogens is 2. The molecule has 0 radical (unpaired) electrons. The third kappa shape index (κ3) is 6.16. The zero-order valence-electron chi connectivity index (χ0n) is 18.2.